The topological polar surface area (TPSA) is 30.7 Å². The molecular formula is C48H33N3. The lowest BCUT2D eigenvalue weighted by Crippen LogP contribution is -2.19. The smallest absolute Gasteiger partial charge is 0.235 e. The Balaban J connectivity index is 1.39. The van der Waals surface area contributed by atoms with Gasteiger partial charge >= 0.3 is 0 Å². The van der Waals surface area contributed by atoms with E-state index >= 15 is 0 Å². The van der Waals surface area contributed by atoms with Gasteiger partial charge in [0.2, 0.25) is 5.95 Å². The molecule has 51 heavy (non-hydrogen) atoms. The average Bonchev–Trinajstić information content (AvgIpc) is 3.78. The zero-order valence-electron chi connectivity index (χ0n) is 28.4. The molecular weight excluding hydrogens is 619 g/mol. The van der Waals surface area contributed by atoms with Gasteiger partial charge in [-0.15, -0.1) is 0 Å². The van der Waals surface area contributed by atoms with Crippen LogP contribution in [0, 0.1) is 0 Å². The molecule has 2 aromatic heterocycles. The van der Waals surface area contributed by atoms with Crippen molar-refractivity contribution < 1.29 is 0 Å². The third kappa shape index (κ3) is 3.78. The Kier molecular flexibility index (Phi) is 5.79. The maximum Gasteiger partial charge on any atom is 0.235 e. The molecule has 2 heterocycles. The molecule has 0 radical (unpaired) electrons. The van der Waals surface area contributed by atoms with Gasteiger partial charge < -0.3 is 0 Å². The second-order valence-electron chi connectivity index (χ2n) is 14.5. The molecule has 0 saturated heterocycles. The Morgan fingerprint density at radius 3 is 2.04 bits per heavy atom. The predicted octanol–water partition coefficient (Wildman–Crippen LogP) is 11.9. The van der Waals surface area contributed by atoms with Crippen molar-refractivity contribution in [3.05, 3.63) is 186 Å². The lowest BCUT2D eigenvalue weighted by atomic mass is 9.75. The molecule has 0 N–H and O–H groups in total. The van der Waals surface area contributed by atoms with E-state index in [0.29, 0.717) is 5.95 Å². The normalized spacial score (nSPS) is 15.2. The van der Waals surface area contributed by atoms with Crippen molar-refractivity contribution in [1.82, 2.24) is 14.5 Å². The Morgan fingerprint density at radius 1 is 0.569 bits per heavy atom. The summed E-state index contributed by atoms with van der Waals surface area (Å²) in [5.74, 6) is 0.778. The molecule has 0 amide bonds. The third-order valence-corrected chi connectivity index (χ3v) is 11.4. The van der Waals surface area contributed by atoms with Crippen LogP contribution in [-0.4, -0.2) is 14.5 Å². The number of aromatic nitrogens is 3. The van der Waals surface area contributed by atoms with E-state index in [1.54, 1.807) is 0 Å². The molecule has 0 aliphatic heterocycles. The van der Waals surface area contributed by atoms with Gasteiger partial charge in [0.1, 0.15) is 0 Å². The molecule has 240 valence electrons. The van der Waals surface area contributed by atoms with Gasteiger partial charge in [-0.05, 0) is 56.6 Å². The van der Waals surface area contributed by atoms with Crippen LogP contribution in [-0.2, 0) is 5.41 Å². The monoisotopic (exact) mass is 651 g/mol. The number of nitrogens with zero attached hydrogens (tertiary/aromatic N) is 3. The fourth-order valence-electron chi connectivity index (χ4n) is 9.41. The number of para-hydroxylation sites is 2. The van der Waals surface area contributed by atoms with Crippen molar-refractivity contribution in [2.24, 2.45) is 0 Å². The largest absolute Gasteiger partial charge is 0.277 e. The minimum Gasteiger partial charge on any atom is -0.277 e. The molecule has 11 rings (SSSR count). The van der Waals surface area contributed by atoms with Crippen LogP contribution < -0.4 is 0 Å². The Labute approximate surface area is 296 Å². The molecule has 9 aromatic rings. The molecule has 1 unspecified atom stereocenters. The van der Waals surface area contributed by atoms with Crippen LogP contribution in [0.2, 0.25) is 0 Å². The van der Waals surface area contributed by atoms with E-state index in [4.69, 9.17) is 9.97 Å². The van der Waals surface area contributed by atoms with Crippen LogP contribution in [0.1, 0.15) is 47.6 Å². The van der Waals surface area contributed by atoms with E-state index in [9.17, 15) is 0 Å². The van der Waals surface area contributed by atoms with Crippen LogP contribution in [0.25, 0.3) is 72.2 Å². The van der Waals surface area contributed by atoms with Crippen LogP contribution in [0.3, 0.4) is 0 Å². The second kappa shape index (κ2) is 10.3. The number of hydrogen-bond acceptors (Lipinski definition) is 2. The Hall–Kier alpha value is -6.32. The van der Waals surface area contributed by atoms with Crippen LogP contribution in [0.5, 0.6) is 0 Å². The van der Waals surface area contributed by atoms with Gasteiger partial charge in [0.05, 0.1) is 22.2 Å². The maximum absolute atomic E-state index is 5.49. The van der Waals surface area contributed by atoms with Crippen molar-refractivity contribution in [2.45, 2.75) is 25.2 Å². The van der Waals surface area contributed by atoms with Crippen LogP contribution >= 0.6 is 0 Å². The highest BCUT2D eigenvalue weighted by Crippen LogP contribution is 2.62. The highest BCUT2D eigenvalue weighted by molar-refractivity contribution is 6.23. The van der Waals surface area contributed by atoms with Gasteiger partial charge in [-0.1, -0.05) is 159 Å². The van der Waals surface area contributed by atoms with E-state index in [1.807, 2.05) is 0 Å². The molecule has 2 aliphatic rings. The number of rotatable bonds is 3. The van der Waals surface area contributed by atoms with Crippen molar-refractivity contribution in [1.29, 1.82) is 0 Å². The van der Waals surface area contributed by atoms with E-state index in [2.05, 4.69) is 176 Å². The van der Waals surface area contributed by atoms with Crippen molar-refractivity contribution in [3.63, 3.8) is 0 Å². The molecule has 2 aliphatic carbocycles. The van der Waals surface area contributed by atoms with E-state index in [-0.39, 0.29) is 11.3 Å². The van der Waals surface area contributed by atoms with Gasteiger partial charge in [0.15, 0.2) is 0 Å². The third-order valence-electron chi connectivity index (χ3n) is 11.4. The summed E-state index contributed by atoms with van der Waals surface area (Å²) in [6.07, 6.45) is 0. The minimum atomic E-state index is -0.206. The summed E-state index contributed by atoms with van der Waals surface area (Å²) in [5.41, 5.74) is 17.2. The first-order valence-electron chi connectivity index (χ1n) is 17.8. The molecule has 0 fully saturated rings. The van der Waals surface area contributed by atoms with Crippen molar-refractivity contribution in [3.8, 4) is 39.5 Å². The van der Waals surface area contributed by atoms with Gasteiger partial charge in [0.25, 0.3) is 0 Å². The van der Waals surface area contributed by atoms with Gasteiger partial charge in [-0.3, -0.25) is 4.57 Å². The average molecular weight is 652 g/mol. The summed E-state index contributed by atoms with van der Waals surface area (Å²) in [6, 6.07) is 57.0. The molecule has 0 bridgehead atoms. The molecule has 1 atom stereocenters. The molecule has 3 nitrogen and oxygen atoms in total. The van der Waals surface area contributed by atoms with Crippen molar-refractivity contribution >= 4 is 32.7 Å². The SMILES string of the molecule is CC1(C)c2ccccc2-c2c1c1c(c3c2c2ccccc2n3-c2nc(-c3ccccc3)c3ccccc3n2)-c2ccccc2C1c1ccccc1. The highest BCUT2D eigenvalue weighted by Gasteiger charge is 2.46. The number of benzene rings is 7. The quantitative estimate of drug-likeness (QED) is 0.190. The minimum absolute atomic E-state index is 0.0907. The zero-order valence-corrected chi connectivity index (χ0v) is 28.4. The molecule has 0 spiro atoms. The maximum atomic E-state index is 5.49. The van der Waals surface area contributed by atoms with Gasteiger partial charge in [-0.25, -0.2) is 9.97 Å². The highest BCUT2D eigenvalue weighted by atomic mass is 15.2. The first kappa shape index (κ1) is 28.5. The molecule has 3 heteroatoms. The fourth-order valence-corrected chi connectivity index (χ4v) is 9.41. The van der Waals surface area contributed by atoms with Crippen LogP contribution in [0.15, 0.2) is 158 Å². The van der Waals surface area contributed by atoms with Gasteiger partial charge in [0, 0.05) is 38.6 Å². The predicted molar refractivity (Wildman–Crippen MR) is 210 cm³/mol. The second-order valence-corrected chi connectivity index (χ2v) is 14.5. The van der Waals surface area contributed by atoms with E-state index in [0.717, 1.165) is 27.7 Å². The summed E-state index contributed by atoms with van der Waals surface area (Å²) in [7, 11) is 0. The molecule has 0 saturated carbocycles. The first-order valence-corrected chi connectivity index (χ1v) is 17.8. The lowest BCUT2D eigenvalue weighted by Gasteiger charge is -2.28. The van der Waals surface area contributed by atoms with Gasteiger partial charge in [-0.2, -0.15) is 0 Å². The van der Waals surface area contributed by atoms with Crippen molar-refractivity contribution in [2.75, 3.05) is 0 Å². The Morgan fingerprint density at radius 2 is 1.22 bits per heavy atom. The number of fused-ring (bicyclic) bond motifs is 13. The summed E-state index contributed by atoms with van der Waals surface area (Å²) in [5, 5.41) is 3.54. The summed E-state index contributed by atoms with van der Waals surface area (Å²) in [4.78, 5) is 10.9. The fraction of sp³-hybridized carbons (Fsp3) is 0.0833. The zero-order chi connectivity index (χ0) is 33.8. The standard InChI is InChI=1S/C48H33N3/c1-48(2)36-26-14-11-23-33(36)40-42-35-25-13-16-28-38(35)51(47-49-37-27-15-12-24-34(37)45(50-47)30-19-7-4-8-20-30)46(42)41-32-22-10-9-21-31(32)39(43(41)44(40)48)29-17-5-3-6-18-29/h3-28,39H,1-2H3. The van der Waals surface area contributed by atoms with E-state index < -0.39 is 0 Å². The first-order chi connectivity index (χ1) is 25.1. The summed E-state index contributed by atoms with van der Waals surface area (Å²) < 4.78 is 2.38. The lowest BCUT2D eigenvalue weighted by molar-refractivity contribution is 0.651. The Bertz CT molecular complexity index is 2880. The summed E-state index contributed by atoms with van der Waals surface area (Å²) in [6.45, 7) is 4.85. The van der Waals surface area contributed by atoms with E-state index in [1.165, 1.54) is 66.4 Å². The molecule has 7 aromatic carbocycles. The number of hydrogen-bond donors (Lipinski definition) is 0. The van der Waals surface area contributed by atoms with Crippen LogP contribution in [0.4, 0.5) is 0 Å². The summed E-state index contributed by atoms with van der Waals surface area (Å²) >= 11 is 0.